The van der Waals surface area contributed by atoms with Gasteiger partial charge in [0.1, 0.15) is 5.60 Å². The monoisotopic (exact) mass is 345 g/mol. The normalized spacial score (nSPS) is 11.0. The third-order valence-electron chi connectivity index (χ3n) is 2.76. The first kappa shape index (κ1) is 18.8. The Morgan fingerprint density at radius 2 is 1.82 bits per heavy atom. The summed E-state index contributed by atoms with van der Waals surface area (Å²) < 4.78 is 15.7. The Labute approximate surface area is 142 Å². The SMILES string of the molecule is COc1cc(CCNC(=O)OC(C)(C)C)c(S)c(S)c1OC. The zero-order valence-electron chi connectivity index (χ0n) is 13.5. The second-order valence-corrected chi connectivity index (χ2v) is 6.54. The number of ether oxygens (including phenoxy) is 3. The van der Waals surface area contributed by atoms with Gasteiger partial charge in [-0.25, -0.2) is 4.79 Å². The maximum atomic E-state index is 11.6. The van der Waals surface area contributed by atoms with Crippen LogP contribution in [0.1, 0.15) is 26.3 Å². The molecule has 0 atom stereocenters. The van der Waals surface area contributed by atoms with E-state index in [1.54, 1.807) is 14.2 Å². The van der Waals surface area contributed by atoms with E-state index in [0.717, 1.165) is 5.56 Å². The van der Waals surface area contributed by atoms with Crippen molar-refractivity contribution in [3.63, 3.8) is 0 Å². The molecule has 0 aliphatic carbocycles. The predicted octanol–water partition coefficient (Wildman–Crippen LogP) is 3.35. The summed E-state index contributed by atoms with van der Waals surface area (Å²) >= 11 is 8.87. The zero-order chi connectivity index (χ0) is 16.9. The van der Waals surface area contributed by atoms with Gasteiger partial charge in [0.15, 0.2) is 11.5 Å². The Morgan fingerprint density at radius 3 is 2.32 bits per heavy atom. The van der Waals surface area contributed by atoms with Gasteiger partial charge in [-0.1, -0.05) is 0 Å². The average molecular weight is 345 g/mol. The summed E-state index contributed by atoms with van der Waals surface area (Å²) in [5.41, 5.74) is 0.391. The number of thiol groups is 2. The van der Waals surface area contributed by atoms with E-state index >= 15 is 0 Å². The molecule has 5 nitrogen and oxygen atoms in total. The van der Waals surface area contributed by atoms with Crippen LogP contribution >= 0.6 is 25.3 Å². The van der Waals surface area contributed by atoms with Crippen LogP contribution in [-0.4, -0.2) is 32.5 Å². The number of methoxy groups -OCH3 is 2. The molecule has 0 fully saturated rings. The van der Waals surface area contributed by atoms with Gasteiger partial charge in [-0.05, 0) is 38.8 Å². The molecular weight excluding hydrogens is 322 g/mol. The lowest BCUT2D eigenvalue weighted by molar-refractivity contribution is 0.0528. The molecule has 0 saturated heterocycles. The van der Waals surface area contributed by atoms with Gasteiger partial charge in [0.25, 0.3) is 0 Å². The molecule has 22 heavy (non-hydrogen) atoms. The second kappa shape index (κ2) is 7.87. The van der Waals surface area contributed by atoms with E-state index in [1.807, 2.05) is 26.8 Å². The number of hydrogen-bond donors (Lipinski definition) is 3. The predicted molar refractivity (Wildman–Crippen MR) is 92.0 cm³/mol. The molecule has 0 saturated carbocycles. The molecule has 1 amide bonds. The number of hydrogen-bond acceptors (Lipinski definition) is 6. The molecule has 1 aromatic carbocycles. The van der Waals surface area contributed by atoms with Crippen molar-refractivity contribution in [2.45, 2.75) is 42.6 Å². The van der Waals surface area contributed by atoms with Crippen LogP contribution in [0.3, 0.4) is 0 Å². The molecular formula is C15H23NO4S2. The number of nitrogens with one attached hydrogen (secondary N) is 1. The summed E-state index contributed by atoms with van der Waals surface area (Å²) in [4.78, 5) is 12.9. The van der Waals surface area contributed by atoms with E-state index < -0.39 is 11.7 Å². The van der Waals surface area contributed by atoms with E-state index in [1.165, 1.54) is 0 Å². The Kier molecular flexibility index (Phi) is 6.74. The molecule has 0 heterocycles. The molecule has 0 aromatic heterocycles. The molecule has 7 heteroatoms. The van der Waals surface area contributed by atoms with Gasteiger partial charge in [-0.15, -0.1) is 25.3 Å². The van der Waals surface area contributed by atoms with E-state index in [9.17, 15) is 4.79 Å². The van der Waals surface area contributed by atoms with Gasteiger partial charge in [0.2, 0.25) is 0 Å². The Bertz CT molecular complexity index is 541. The first-order chi connectivity index (χ1) is 10.2. The number of rotatable bonds is 5. The van der Waals surface area contributed by atoms with Crippen LogP contribution in [0.2, 0.25) is 0 Å². The molecule has 124 valence electrons. The number of carbonyl (C=O) groups excluding carboxylic acids is 1. The average Bonchev–Trinajstić information content (AvgIpc) is 2.41. The van der Waals surface area contributed by atoms with E-state index in [4.69, 9.17) is 14.2 Å². The summed E-state index contributed by atoms with van der Waals surface area (Å²) in [6.07, 6.45) is 0.131. The Hall–Kier alpha value is -1.21. The molecule has 0 aliphatic rings. The van der Waals surface area contributed by atoms with Crippen molar-refractivity contribution >= 4 is 31.4 Å². The molecule has 0 aliphatic heterocycles. The van der Waals surface area contributed by atoms with Crippen LogP contribution in [0.4, 0.5) is 4.79 Å². The fourth-order valence-corrected chi connectivity index (χ4v) is 2.44. The third-order valence-corrected chi connectivity index (χ3v) is 3.87. The van der Waals surface area contributed by atoms with Gasteiger partial charge >= 0.3 is 6.09 Å². The van der Waals surface area contributed by atoms with E-state index in [0.29, 0.717) is 34.3 Å². The van der Waals surface area contributed by atoms with Crippen molar-refractivity contribution in [1.29, 1.82) is 0 Å². The van der Waals surface area contributed by atoms with Crippen LogP contribution in [0.25, 0.3) is 0 Å². The van der Waals surface area contributed by atoms with E-state index in [-0.39, 0.29) is 0 Å². The lowest BCUT2D eigenvalue weighted by Crippen LogP contribution is -2.33. The van der Waals surface area contributed by atoms with Crippen molar-refractivity contribution in [2.24, 2.45) is 0 Å². The van der Waals surface area contributed by atoms with Crippen molar-refractivity contribution in [1.82, 2.24) is 5.32 Å². The largest absolute Gasteiger partial charge is 0.493 e. The lowest BCUT2D eigenvalue weighted by Gasteiger charge is -2.20. The number of benzene rings is 1. The van der Waals surface area contributed by atoms with Crippen LogP contribution in [0.15, 0.2) is 15.9 Å². The third kappa shape index (κ3) is 5.21. The summed E-state index contributed by atoms with van der Waals surface area (Å²) in [5.74, 6) is 1.12. The number of amides is 1. The fourth-order valence-electron chi connectivity index (χ4n) is 1.82. The standard InChI is InChI=1S/C15H23NO4S2/c1-15(2,3)20-14(17)16-7-6-9-8-10(18-4)11(19-5)13(22)12(9)21/h8,21-22H,6-7H2,1-5H3,(H,16,17). The highest BCUT2D eigenvalue weighted by Gasteiger charge is 2.17. The summed E-state index contributed by atoms with van der Waals surface area (Å²) in [6, 6.07) is 1.83. The first-order valence-electron chi connectivity index (χ1n) is 6.82. The second-order valence-electron chi connectivity index (χ2n) is 5.65. The molecule has 0 radical (unpaired) electrons. The lowest BCUT2D eigenvalue weighted by atomic mass is 10.1. The van der Waals surface area contributed by atoms with Crippen LogP contribution in [0.5, 0.6) is 11.5 Å². The molecule has 0 bridgehead atoms. The highest BCUT2D eigenvalue weighted by Crippen LogP contribution is 2.40. The first-order valence-corrected chi connectivity index (χ1v) is 7.71. The minimum atomic E-state index is -0.514. The molecule has 0 spiro atoms. The van der Waals surface area contributed by atoms with Gasteiger partial charge in [0.05, 0.1) is 19.1 Å². The highest BCUT2D eigenvalue weighted by molar-refractivity contribution is 7.83. The topological polar surface area (TPSA) is 56.8 Å². The van der Waals surface area contributed by atoms with Crippen LogP contribution < -0.4 is 14.8 Å². The molecule has 1 aromatic rings. The van der Waals surface area contributed by atoms with Crippen molar-refractivity contribution in [3.05, 3.63) is 11.6 Å². The van der Waals surface area contributed by atoms with Gasteiger partial charge in [-0.2, -0.15) is 0 Å². The summed E-state index contributed by atoms with van der Waals surface area (Å²) in [5, 5.41) is 2.71. The van der Waals surface area contributed by atoms with Gasteiger partial charge in [0, 0.05) is 11.4 Å². The van der Waals surface area contributed by atoms with Gasteiger partial charge in [-0.3, -0.25) is 0 Å². The van der Waals surface area contributed by atoms with Crippen LogP contribution in [-0.2, 0) is 11.2 Å². The smallest absolute Gasteiger partial charge is 0.407 e. The van der Waals surface area contributed by atoms with Crippen molar-refractivity contribution < 1.29 is 19.0 Å². The Morgan fingerprint density at radius 1 is 1.18 bits per heavy atom. The minimum Gasteiger partial charge on any atom is -0.493 e. The van der Waals surface area contributed by atoms with Crippen molar-refractivity contribution in [3.8, 4) is 11.5 Å². The summed E-state index contributed by atoms with van der Waals surface area (Å²) in [6.45, 7) is 5.88. The Balaban J connectivity index is 2.75. The fraction of sp³-hybridized carbons (Fsp3) is 0.533. The van der Waals surface area contributed by atoms with Crippen molar-refractivity contribution in [2.75, 3.05) is 20.8 Å². The number of alkyl carbamates (subject to hydrolysis) is 1. The number of carbonyl (C=O) groups is 1. The molecule has 1 rings (SSSR count). The molecule has 0 unspecified atom stereocenters. The maximum Gasteiger partial charge on any atom is 0.407 e. The van der Waals surface area contributed by atoms with Gasteiger partial charge < -0.3 is 19.5 Å². The quantitative estimate of drug-likeness (QED) is 0.717. The maximum absolute atomic E-state index is 11.6. The molecule has 1 N–H and O–H groups in total. The highest BCUT2D eigenvalue weighted by atomic mass is 32.1. The minimum absolute atomic E-state index is 0.422. The zero-order valence-corrected chi connectivity index (χ0v) is 15.3. The van der Waals surface area contributed by atoms with E-state index in [2.05, 4.69) is 30.6 Å². The summed E-state index contributed by atoms with van der Waals surface area (Å²) in [7, 11) is 3.11. The van der Waals surface area contributed by atoms with Crippen LogP contribution in [0, 0.1) is 0 Å².